The van der Waals surface area contributed by atoms with E-state index in [1.165, 1.54) is 0 Å². The van der Waals surface area contributed by atoms with Gasteiger partial charge in [-0.2, -0.15) is 13.2 Å². The van der Waals surface area contributed by atoms with Crippen molar-refractivity contribution in [1.29, 1.82) is 0 Å². The molecule has 2 rings (SSSR count). The minimum atomic E-state index is -4.62. The molecule has 1 aliphatic heterocycles. The Bertz CT molecular complexity index is 703. The molecule has 10 heteroatoms. The Hall–Kier alpha value is -1.68. The maximum absolute atomic E-state index is 13.7. The van der Waals surface area contributed by atoms with E-state index in [0.29, 0.717) is 17.0 Å². The van der Waals surface area contributed by atoms with E-state index in [0.717, 1.165) is 6.07 Å². The van der Waals surface area contributed by atoms with Gasteiger partial charge in [-0.3, -0.25) is 4.79 Å². The summed E-state index contributed by atoms with van der Waals surface area (Å²) in [5, 5.41) is 4.87. The third-order valence-electron chi connectivity index (χ3n) is 3.39. The van der Waals surface area contributed by atoms with E-state index in [2.05, 4.69) is 0 Å². The summed E-state index contributed by atoms with van der Waals surface area (Å²) in [5.41, 5.74) is -0.748. The zero-order chi connectivity index (χ0) is 16.7. The Morgan fingerprint density at radius 2 is 1.95 bits per heavy atom. The normalized spacial score (nSPS) is 19.5. The molecule has 0 bridgehead atoms. The lowest BCUT2D eigenvalue weighted by Crippen LogP contribution is -2.44. The molecule has 1 aromatic carbocycles. The molecule has 1 atom stereocenters. The van der Waals surface area contributed by atoms with Crippen LogP contribution in [0.2, 0.25) is 0 Å². The van der Waals surface area contributed by atoms with E-state index in [-0.39, 0.29) is 19.4 Å². The first-order valence-corrected chi connectivity index (χ1v) is 7.76. The lowest BCUT2D eigenvalue weighted by atomic mass is 10.1. The summed E-state index contributed by atoms with van der Waals surface area (Å²) >= 11 is 0. The molecule has 0 aliphatic carbocycles. The van der Waals surface area contributed by atoms with Gasteiger partial charge in [0.2, 0.25) is 10.0 Å². The van der Waals surface area contributed by atoms with Crippen LogP contribution in [0.25, 0.3) is 0 Å². The van der Waals surface area contributed by atoms with Crippen molar-refractivity contribution in [3.05, 3.63) is 29.6 Å². The van der Waals surface area contributed by atoms with Gasteiger partial charge in [0.25, 0.3) is 5.91 Å². The summed E-state index contributed by atoms with van der Waals surface area (Å²) in [4.78, 5) is 12.1. The lowest BCUT2D eigenvalue weighted by Gasteiger charge is -2.26. The quantitative estimate of drug-likeness (QED) is 0.831. The largest absolute Gasteiger partial charge is 0.408 e. The summed E-state index contributed by atoms with van der Waals surface area (Å²) in [6, 6.07) is 0.175. The van der Waals surface area contributed by atoms with Gasteiger partial charge < -0.3 is 4.90 Å². The highest BCUT2D eigenvalue weighted by atomic mass is 32.2. The second kappa shape index (κ2) is 5.51. The van der Waals surface area contributed by atoms with Crippen molar-refractivity contribution in [3.8, 4) is 0 Å². The number of benzene rings is 1. The molecule has 1 heterocycles. The van der Waals surface area contributed by atoms with E-state index in [4.69, 9.17) is 5.14 Å². The Kier molecular flexibility index (Phi) is 4.18. The molecule has 1 amide bonds. The number of carbonyl (C=O) groups excluding carboxylic acids is 1. The number of carbonyl (C=O) groups is 1. The number of halogens is 4. The highest BCUT2D eigenvalue weighted by Crippen LogP contribution is 2.34. The number of hydrogen-bond donors (Lipinski definition) is 1. The fourth-order valence-corrected chi connectivity index (χ4v) is 2.89. The first-order chi connectivity index (χ1) is 10.0. The minimum Gasteiger partial charge on any atom is -0.326 e. The molecule has 5 nitrogen and oxygen atoms in total. The summed E-state index contributed by atoms with van der Waals surface area (Å²) in [5.74, 6) is -2.31. The maximum atomic E-state index is 13.7. The fourth-order valence-electron chi connectivity index (χ4n) is 2.35. The number of alkyl halides is 3. The Morgan fingerprint density at radius 1 is 1.32 bits per heavy atom. The number of amides is 1. The highest BCUT2D eigenvalue weighted by Gasteiger charge is 2.48. The number of likely N-dealkylation sites (tertiary alicyclic amines) is 1. The van der Waals surface area contributed by atoms with Crippen LogP contribution in [0.4, 0.5) is 17.6 Å². The van der Waals surface area contributed by atoms with Crippen molar-refractivity contribution in [1.82, 2.24) is 4.90 Å². The highest BCUT2D eigenvalue weighted by molar-refractivity contribution is 7.89. The topological polar surface area (TPSA) is 80.5 Å². The number of nitrogens with zero attached hydrogens (tertiary/aromatic N) is 1. The van der Waals surface area contributed by atoms with Crippen LogP contribution in [-0.2, 0) is 10.0 Å². The van der Waals surface area contributed by atoms with E-state index in [1.54, 1.807) is 0 Å². The molecule has 0 aromatic heterocycles. The molecule has 1 saturated heterocycles. The second-order valence-electron chi connectivity index (χ2n) is 4.88. The number of nitrogens with two attached hydrogens (primary N) is 1. The van der Waals surface area contributed by atoms with Crippen LogP contribution in [0.15, 0.2) is 23.1 Å². The molecule has 122 valence electrons. The fraction of sp³-hybridized carbons (Fsp3) is 0.417. The van der Waals surface area contributed by atoms with Gasteiger partial charge in [0.15, 0.2) is 0 Å². The first-order valence-electron chi connectivity index (χ1n) is 6.22. The number of hydrogen-bond acceptors (Lipinski definition) is 3. The van der Waals surface area contributed by atoms with Gasteiger partial charge in [0.05, 0.1) is 10.5 Å². The molecule has 1 aromatic rings. The van der Waals surface area contributed by atoms with Crippen LogP contribution < -0.4 is 5.14 Å². The minimum absolute atomic E-state index is 0.131. The summed E-state index contributed by atoms with van der Waals surface area (Å²) < 4.78 is 74.7. The average Bonchev–Trinajstić information content (AvgIpc) is 2.86. The summed E-state index contributed by atoms with van der Waals surface area (Å²) in [7, 11) is -4.20. The van der Waals surface area contributed by atoms with Crippen molar-refractivity contribution in [3.63, 3.8) is 0 Å². The molecule has 0 spiro atoms. The summed E-state index contributed by atoms with van der Waals surface area (Å²) in [6.45, 7) is -0.179. The Morgan fingerprint density at radius 3 is 2.50 bits per heavy atom. The maximum Gasteiger partial charge on any atom is 0.408 e. The standard InChI is InChI=1S/C12H12F4N2O3S/c13-9-4-3-7(22(17,20)21)6-8(9)11(19)18-5-1-2-10(18)12(14,15)16/h3-4,6,10H,1-2,5H2,(H2,17,20,21). The van der Waals surface area contributed by atoms with Gasteiger partial charge >= 0.3 is 6.18 Å². The van der Waals surface area contributed by atoms with Crippen molar-refractivity contribution in [2.24, 2.45) is 5.14 Å². The predicted molar refractivity (Wildman–Crippen MR) is 67.9 cm³/mol. The molecule has 1 fully saturated rings. The van der Waals surface area contributed by atoms with Gasteiger partial charge in [-0.25, -0.2) is 17.9 Å². The molecule has 1 aliphatic rings. The van der Waals surface area contributed by atoms with Gasteiger partial charge in [0.1, 0.15) is 11.9 Å². The van der Waals surface area contributed by atoms with Crippen LogP contribution in [0.3, 0.4) is 0 Å². The molecule has 0 saturated carbocycles. The van der Waals surface area contributed by atoms with Gasteiger partial charge in [-0.1, -0.05) is 0 Å². The van der Waals surface area contributed by atoms with E-state index in [9.17, 15) is 30.8 Å². The lowest BCUT2D eigenvalue weighted by molar-refractivity contribution is -0.169. The third kappa shape index (κ3) is 3.22. The van der Waals surface area contributed by atoms with Crippen molar-refractivity contribution in [2.75, 3.05) is 6.54 Å². The monoisotopic (exact) mass is 340 g/mol. The van der Waals surface area contributed by atoms with Gasteiger partial charge in [0, 0.05) is 6.54 Å². The molecule has 1 unspecified atom stereocenters. The van der Waals surface area contributed by atoms with Crippen LogP contribution in [0.5, 0.6) is 0 Å². The first kappa shape index (κ1) is 16.7. The van der Waals surface area contributed by atoms with E-state index in [1.807, 2.05) is 0 Å². The van der Waals surface area contributed by atoms with Crippen LogP contribution >= 0.6 is 0 Å². The average molecular weight is 340 g/mol. The van der Waals surface area contributed by atoms with E-state index >= 15 is 0 Å². The van der Waals surface area contributed by atoms with Crippen molar-refractivity contribution < 1.29 is 30.8 Å². The second-order valence-corrected chi connectivity index (χ2v) is 6.45. The SMILES string of the molecule is NS(=O)(=O)c1ccc(F)c(C(=O)N2CCCC2C(F)(F)F)c1. The Labute approximate surface area is 123 Å². The molecule has 0 radical (unpaired) electrons. The molecular formula is C12H12F4N2O3S. The molecule has 2 N–H and O–H groups in total. The molecule has 22 heavy (non-hydrogen) atoms. The van der Waals surface area contributed by atoms with E-state index < -0.39 is 44.4 Å². The van der Waals surface area contributed by atoms with Gasteiger partial charge in [-0.05, 0) is 31.0 Å². The van der Waals surface area contributed by atoms with Crippen molar-refractivity contribution in [2.45, 2.75) is 30.0 Å². The summed E-state index contributed by atoms with van der Waals surface area (Å²) in [6.07, 6.45) is -4.77. The molecular weight excluding hydrogens is 328 g/mol. The van der Waals surface area contributed by atoms with Crippen LogP contribution in [0.1, 0.15) is 23.2 Å². The van der Waals surface area contributed by atoms with Crippen molar-refractivity contribution >= 4 is 15.9 Å². The number of sulfonamides is 1. The zero-order valence-corrected chi connectivity index (χ0v) is 11.9. The van der Waals surface area contributed by atoms with Gasteiger partial charge in [-0.15, -0.1) is 0 Å². The number of rotatable bonds is 2. The Balaban J connectivity index is 2.41. The van der Waals surface area contributed by atoms with Crippen LogP contribution in [-0.4, -0.2) is 38.0 Å². The zero-order valence-electron chi connectivity index (χ0n) is 11.1. The predicted octanol–water partition coefficient (Wildman–Crippen LogP) is 1.64. The van der Waals surface area contributed by atoms with Crippen LogP contribution in [0, 0.1) is 5.82 Å². The third-order valence-corrected chi connectivity index (χ3v) is 4.30. The smallest absolute Gasteiger partial charge is 0.326 e. The number of primary sulfonamides is 1.